The molecule has 2 saturated heterocycles. The van der Waals surface area contributed by atoms with Gasteiger partial charge in [0.05, 0.1) is 26.4 Å². The van der Waals surface area contributed by atoms with Crippen molar-refractivity contribution in [2.45, 2.75) is 274 Å². The van der Waals surface area contributed by atoms with Crippen LogP contribution < -0.4 is 0 Å². The Bertz CT molecular complexity index is 1050. The van der Waals surface area contributed by atoms with E-state index in [1.165, 1.54) is 141 Å². The highest BCUT2D eigenvalue weighted by atomic mass is 16.7. The lowest BCUT2D eigenvalue weighted by atomic mass is 9.98. The van der Waals surface area contributed by atoms with Gasteiger partial charge in [-0.3, -0.25) is 4.79 Å². The summed E-state index contributed by atoms with van der Waals surface area (Å²) in [7, 11) is 0. The standard InChI is InChI=1S/C49H94O14/c1-3-5-7-9-10-11-12-13-14-15-16-17-18-19-20-21-22-23-24-25-26-27-28-29-31-33-58-35-38(61-41(51)32-30-8-6-4-2)36-59-48-47(57)45(55)43(53)40(63-48)37-60-49-46(56)44(54)42(52)39(34-50)62-49/h38-40,42-50,52-57H,3-37H2,1-2H3. The van der Waals surface area contributed by atoms with Crippen LogP contribution in [0.15, 0.2) is 0 Å². The van der Waals surface area contributed by atoms with Crippen molar-refractivity contribution in [2.24, 2.45) is 0 Å². The predicted molar refractivity (Wildman–Crippen MR) is 243 cm³/mol. The summed E-state index contributed by atoms with van der Waals surface area (Å²) in [5.41, 5.74) is 0. The minimum atomic E-state index is -1.70. The average molecular weight is 907 g/mol. The van der Waals surface area contributed by atoms with Gasteiger partial charge in [-0.15, -0.1) is 0 Å². The first kappa shape index (κ1) is 58.1. The molecule has 0 aliphatic carbocycles. The van der Waals surface area contributed by atoms with E-state index < -0.39 is 80.7 Å². The normalized spacial score (nSPS) is 26.9. The maximum atomic E-state index is 12.7. The monoisotopic (exact) mass is 907 g/mol. The Morgan fingerprint density at radius 1 is 0.460 bits per heavy atom. The van der Waals surface area contributed by atoms with Crippen LogP contribution in [0.2, 0.25) is 0 Å². The van der Waals surface area contributed by atoms with Crippen molar-refractivity contribution in [3.05, 3.63) is 0 Å². The van der Waals surface area contributed by atoms with Gasteiger partial charge in [0, 0.05) is 13.0 Å². The Morgan fingerprint density at radius 2 is 0.841 bits per heavy atom. The smallest absolute Gasteiger partial charge is 0.306 e. The lowest BCUT2D eigenvalue weighted by molar-refractivity contribution is -0.332. The fourth-order valence-corrected chi connectivity index (χ4v) is 8.40. The summed E-state index contributed by atoms with van der Waals surface area (Å²) in [6.07, 6.45) is 21.3. The highest BCUT2D eigenvalue weighted by Gasteiger charge is 2.47. The second-order valence-corrected chi connectivity index (χ2v) is 18.4. The molecule has 2 aliphatic heterocycles. The Hall–Kier alpha value is -1.01. The van der Waals surface area contributed by atoms with E-state index in [4.69, 9.17) is 28.4 Å². The van der Waals surface area contributed by atoms with Crippen LogP contribution in [0, 0.1) is 0 Å². The maximum absolute atomic E-state index is 12.7. The maximum Gasteiger partial charge on any atom is 0.306 e. The fraction of sp³-hybridized carbons (Fsp3) is 0.980. The van der Waals surface area contributed by atoms with E-state index in [0.29, 0.717) is 13.0 Å². The highest BCUT2D eigenvalue weighted by molar-refractivity contribution is 5.69. The molecule has 14 heteroatoms. The molecule has 2 heterocycles. The third-order valence-corrected chi connectivity index (χ3v) is 12.6. The van der Waals surface area contributed by atoms with E-state index >= 15 is 0 Å². The van der Waals surface area contributed by atoms with E-state index in [2.05, 4.69) is 13.8 Å². The van der Waals surface area contributed by atoms with Crippen LogP contribution >= 0.6 is 0 Å². The number of ether oxygens (including phenoxy) is 6. The Kier molecular flexibility index (Phi) is 35.1. The zero-order chi connectivity index (χ0) is 45.9. The SMILES string of the molecule is CCCCCCCCCCCCCCCCCCCCCCCCCCCOCC(COC1OC(COC2OC(CO)C(O)C(O)C2O)C(O)C(O)C1O)OC(=O)CCCCCC. The molecular weight excluding hydrogens is 813 g/mol. The van der Waals surface area contributed by atoms with E-state index in [9.17, 15) is 40.5 Å². The molecule has 14 nitrogen and oxygen atoms in total. The Labute approximate surface area is 381 Å². The minimum absolute atomic E-state index is 0.0672. The van der Waals surface area contributed by atoms with Crippen LogP contribution in [0.5, 0.6) is 0 Å². The summed E-state index contributed by atoms with van der Waals surface area (Å²) in [5.74, 6) is -0.389. The quantitative estimate of drug-likeness (QED) is 0.0237. The molecule has 7 N–H and O–H groups in total. The van der Waals surface area contributed by atoms with E-state index in [0.717, 1.165) is 38.5 Å². The fourth-order valence-electron chi connectivity index (χ4n) is 8.40. The number of hydrogen-bond donors (Lipinski definition) is 7. The summed E-state index contributed by atoms with van der Waals surface area (Å²) in [4.78, 5) is 12.7. The molecule has 374 valence electrons. The Morgan fingerprint density at radius 3 is 1.29 bits per heavy atom. The molecule has 63 heavy (non-hydrogen) atoms. The summed E-state index contributed by atoms with van der Waals surface area (Å²) < 4.78 is 34.0. The van der Waals surface area contributed by atoms with Crippen molar-refractivity contribution in [2.75, 3.05) is 33.0 Å². The average Bonchev–Trinajstić information content (AvgIpc) is 3.28. The van der Waals surface area contributed by atoms with Gasteiger partial charge >= 0.3 is 5.97 Å². The van der Waals surface area contributed by atoms with E-state index in [-0.39, 0.29) is 25.6 Å². The van der Waals surface area contributed by atoms with Crippen LogP contribution in [0.4, 0.5) is 0 Å². The molecule has 0 radical (unpaired) electrons. The van der Waals surface area contributed by atoms with Crippen molar-refractivity contribution >= 4 is 5.97 Å². The van der Waals surface area contributed by atoms with Crippen LogP contribution in [0.1, 0.15) is 206 Å². The van der Waals surface area contributed by atoms with Gasteiger partial charge in [0.2, 0.25) is 0 Å². The van der Waals surface area contributed by atoms with Crippen LogP contribution in [0.3, 0.4) is 0 Å². The molecule has 0 aromatic rings. The van der Waals surface area contributed by atoms with Gasteiger partial charge in [-0.1, -0.05) is 187 Å². The molecule has 0 spiro atoms. The molecule has 0 amide bonds. The van der Waals surface area contributed by atoms with Gasteiger partial charge in [-0.25, -0.2) is 0 Å². The van der Waals surface area contributed by atoms with Gasteiger partial charge in [0.1, 0.15) is 54.9 Å². The first-order valence-corrected chi connectivity index (χ1v) is 25.6. The topological polar surface area (TPSA) is 214 Å². The highest BCUT2D eigenvalue weighted by Crippen LogP contribution is 2.26. The summed E-state index contributed by atoms with van der Waals surface area (Å²) >= 11 is 0. The molecule has 0 saturated carbocycles. The van der Waals surface area contributed by atoms with Crippen molar-refractivity contribution in [1.82, 2.24) is 0 Å². The van der Waals surface area contributed by atoms with Gasteiger partial charge in [0.25, 0.3) is 0 Å². The number of esters is 1. The molecule has 0 bridgehead atoms. The number of aliphatic hydroxyl groups excluding tert-OH is 7. The number of hydrogen-bond acceptors (Lipinski definition) is 14. The number of carbonyl (C=O) groups excluding carboxylic acids is 1. The zero-order valence-corrected chi connectivity index (χ0v) is 39.6. The molecule has 11 atom stereocenters. The lowest BCUT2D eigenvalue weighted by Gasteiger charge is -2.42. The summed E-state index contributed by atoms with van der Waals surface area (Å²) in [6, 6.07) is 0. The van der Waals surface area contributed by atoms with Crippen molar-refractivity contribution in [3.63, 3.8) is 0 Å². The van der Waals surface area contributed by atoms with Crippen LogP contribution in [-0.4, -0.2) is 142 Å². The first-order chi connectivity index (χ1) is 30.6. The second kappa shape index (κ2) is 38.0. The Balaban J connectivity index is 1.58. The van der Waals surface area contributed by atoms with E-state index in [1.807, 2.05) is 0 Å². The third-order valence-electron chi connectivity index (χ3n) is 12.6. The minimum Gasteiger partial charge on any atom is -0.457 e. The van der Waals surface area contributed by atoms with Gasteiger partial charge in [0.15, 0.2) is 12.6 Å². The van der Waals surface area contributed by atoms with Crippen LogP contribution in [-0.2, 0) is 33.2 Å². The van der Waals surface area contributed by atoms with Crippen molar-refractivity contribution < 1.29 is 69.0 Å². The van der Waals surface area contributed by atoms with Gasteiger partial charge in [-0.2, -0.15) is 0 Å². The van der Waals surface area contributed by atoms with Gasteiger partial charge in [-0.05, 0) is 12.8 Å². The predicted octanol–water partition coefficient (Wildman–Crippen LogP) is 7.30. The van der Waals surface area contributed by atoms with Gasteiger partial charge < -0.3 is 64.2 Å². The molecular formula is C49H94O14. The number of rotatable bonds is 41. The summed E-state index contributed by atoms with van der Waals surface area (Å²) in [6.45, 7) is 3.59. The third kappa shape index (κ3) is 26.2. The zero-order valence-electron chi connectivity index (χ0n) is 39.6. The number of aliphatic hydroxyl groups is 7. The molecule has 2 fully saturated rings. The first-order valence-electron chi connectivity index (χ1n) is 25.6. The summed E-state index contributed by atoms with van der Waals surface area (Å²) in [5, 5.41) is 71.7. The lowest BCUT2D eigenvalue weighted by Crippen LogP contribution is -2.61. The van der Waals surface area contributed by atoms with Crippen molar-refractivity contribution in [3.8, 4) is 0 Å². The molecule has 2 rings (SSSR count). The molecule has 11 unspecified atom stereocenters. The van der Waals surface area contributed by atoms with E-state index in [1.54, 1.807) is 0 Å². The molecule has 0 aromatic heterocycles. The number of unbranched alkanes of at least 4 members (excludes halogenated alkanes) is 27. The van der Waals surface area contributed by atoms with Crippen LogP contribution in [0.25, 0.3) is 0 Å². The second-order valence-electron chi connectivity index (χ2n) is 18.4. The number of carbonyl (C=O) groups is 1. The molecule has 2 aliphatic rings. The van der Waals surface area contributed by atoms with Crippen molar-refractivity contribution in [1.29, 1.82) is 0 Å². The largest absolute Gasteiger partial charge is 0.457 e. The molecule has 0 aromatic carbocycles.